The van der Waals surface area contributed by atoms with Gasteiger partial charge in [-0.1, -0.05) is 23.4 Å². The molecule has 0 radical (unpaired) electrons. The summed E-state index contributed by atoms with van der Waals surface area (Å²) in [5.41, 5.74) is 0.805. The summed E-state index contributed by atoms with van der Waals surface area (Å²) in [6.07, 6.45) is 0. The van der Waals surface area contributed by atoms with Gasteiger partial charge in [0.05, 0.1) is 6.61 Å². The minimum Gasteiger partial charge on any atom is -0.465 e. The van der Waals surface area contributed by atoms with Crippen molar-refractivity contribution >= 4 is 35.1 Å². The number of ether oxygens (including phenoxy) is 1. The van der Waals surface area contributed by atoms with Gasteiger partial charge in [0.15, 0.2) is 16.9 Å². The molecule has 0 fully saturated rings. The van der Waals surface area contributed by atoms with E-state index < -0.39 is 11.2 Å². The lowest BCUT2D eigenvalue weighted by atomic mass is 10.2. The Morgan fingerprint density at radius 2 is 2.05 bits per heavy atom. The molecule has 0 aliphatic carbocycles. The van der Waals surface area contributed by atoms with Crippen molar-refractivity contribution in [3.05, 3.63) is 29.3 Å². The molecule has 22 heavy (non-hydrogen) atoms. The van der Waals surface area contributed by atoms with E-state index in [0.717, 1.165) is 17.3 Å². The number of nitrogens with zero attached hydrogens (tertiary/aromatic N) is 2. The first-order valence-electron chi connectivity index (χ1n) is 6.53. The van der Waals surface area contributed by atoms with Gasteiger partial charge in [-0.05, 0) is 38.1 Å². The van der Waals surface area contributed by atoms with Gasteiger partial charge >= 0.3 is 5.97 Å². The Morgan fingerprint density at radius 3 is 2.64 bits per heavy atom. The lowest BCUT2D eigenvalue weighted by Crippen LogP contribution is -2.27. The molecule has 0 saturated heterocycles. The molecule has 0 aliphatic rings. The second-order valence-corrected chi connectivity index (χ2v) is 5.84. The zero-order chi connectivity index (χ0) is 16.1. The number of ketones is 1. The summed E-state index contributed by atoms with van der Waals surface area (Å²) in [7, 11) is 0. The predicted molar refractivity (Wildman–Crippen MR) is 83.8 cm³/mol. The predicted octanol–water partition coefficient (Wildman–Crippen LogP) is 2.74. The number of rotatable bonds is 6. The fraction of sp³-hybridized carbons (Fsp3) is 0.286. The van der Waals surface area contributed by atoms with Gasteiger partial charge in [-0.25, -0.2) is 4.98 Å². The first kappa shape index (κ1) is 16.5. The largest absolute Gasteiger partial charge is 0.465 e. The first-order valence-corrected chi connectivity index (χ1v) is 7.79. The second-order valence-electron chi connectivity index (χ2n) is 4.33. The molecule has 1 N–H and O–H groups in total. The summed E-state index contributed by atoms with van der Waals surface area (Å²) < 4.78 is 4.88. The summed E-state index contributed by atoms with van der Waals surface area (Å²) in [4.78, 5) is 27.6. The van der Waals surface area contributed by atoms with Crippen molar-refractivity contribution in [2.75, 3.05) is 6.61 Å². The highest BCUT2D eigenvalue weighted by Crippen LogP contribution is 2.24. The van der Waals surface area contributed by atoms with Crippen molar-refractivity contribution in [3.8, 4) is 11.4 Å². The fourth-order valence-electron chi connectivity index (χ4n) is 1.66. The van der Waals surface area contributed by atoms with Crippen LogP contribution in [0.4, 0.5) is 0 Å². The number of aromatic amines is 1. The molecule has 0 saturated carbocycles. The van der Waals surface area contributed by atoms with Crippen LogP contribution in [0.5, 0.6) is 0 Å². The summed E-state index contributed by atoms with van der Waals surface area (Å²) >= 11 is 6.79. The van der Waals surface area contributed by atoms with Crippen molar-refractivity contribution in [3.63, 3.8) is 0 Å². The van der Waals surface area contributed by atoms with Gasteiger partial charge < -0.3 is 4.74 Å². The van der Waals surface area contributed by atoms with Crippen LogP contribution in [0.1, 0.15) is 13.8 Å². The maximum Gasteiger partial charge on any atom is 0.327 e. The number of Topliss-reactive ketones (excluding diaryl/α,β-unsaturated/α-hetero) is 1. The summed E-state index contributed by atoms with van der Waals surface area (Å²) in [6.45, 7) is 3.24. The molecule has 1 aromatic carbocycles. The van der Waals surface area contributed by atoms with Crippen LogP contribution in [-0.2, 0) is 14.3 Å². The van der Waals surface area contributed by atoms with Gasteiger partial charge in [-0.15, -0.1) is 5.10 Å². The summed E-state index contributed by atoms with van der Waals surface area (Å²) in [6, 6.07) is 7.07. The maximum atomic E-state index is 11.8. The number of hydrogen-bond acceptors (Lipinski definition) is 6. The first-order chi connectivity index (χ1) is 10.5. The molecule has 6 nitrogen and oxygen atoms in total. The SMILES string of the molecule is CCOC(=O)[C@H](Sc1n[nH]c(-c2ccc(Cl)cc2)n1)C(C)=O. The van der Waals surface area contributed by atoms with Crippen LogP contribution in [0, 0.1) is 0 Å². The van der Waals surface area contributed by atoms with Gasteiger partial charge in [0.1, 0.15) is 0 Å². The average molecular weight is 340 g/mol. The molecule has 1 atom stereocenters. The third-order valence-corrected chi connectivity index (χ3v) is 4.08. The number of H-pyrrole nitrogens is 1. The third-order valence-electron chi connectivity index (χ3n) is 2.68. The van der Waals surface area contributed by atoms with Crippen molar-refractivity contribution in [1.82, 2.24) is 15.2 Å². The molecule has 2 aromatic rings. The number of carbonyl (C=O) groups excluding carboxylic acids is 2. The van der Waals surface area contributed by atoms with Crippen molar-refractivity contribution in [2.24, 2.45) is 0 Å². The lowest BCUT2D eigenvalue weighted by molar-refractivity contribution is -0.144. The third kappa shape index (κ3) is 4.08. The second kappa shape index (κ2) is 7.42. The average Bonchev–Trinajstić information content (AvgIpc) is 2.94. The van der Waals surface area contributed by atoms with E-state index in [9.17, 15) is 9.59 Å². The summed E-state index contributed by atoms with van der Waals surface area (Å²) in [5.74, 6) is -0.357. The highest BCUT2D eigenvalue weighted by Gasteiger charge is 2.27. The van der Waals surface area contributed by atoms with Crippen LogP contribution in [0.3, 0.4) is 0 Å². The molecular formula is C14H14ClN3O3S. The molecule has 116 valence electrons. The summed E-state index contributed by atoms with van der Waals surface area (Å²) in [5, 5.41) is 6.74. The number of thioether (sulfide) groups is 1. The van der Waals surface area contributed by atoms with E-state index >= 15 is 0 Å². The lowest BCUT2D eigenvalue weighted by Gasteiger charge is -2.09. The zero-order valence-electron chi connectivity index (χ0n) is 12.0. The fourth-order valence-corrected chi connectivity index (χ4v) is 2.57. The van der Waals surface area contributed by atoms with Crippen molar-refractivity contribution < 1.29 is 14.3 Å². The van der Waals surface area contributed by atoms with E-state index in [0.29, 0.717) is 16.0 Å². The minimum atomic E-state index is -0.964. The quantitative estimate of drug-likeness (QED) is 0.495. The van der Waals surface area contributed by atoms with Crippen LogP contribution in [0.25, 0.3) is 11.4 Å². The molecule has 0 amide bonds. The maximum absolute atomic E-state index is 11.8. The highest BCUT2D eigenvalue weighted by atomic mass is 35.5. The smallest absolute Gasteiger partial charge is 0.327 e. The number of hydrogen-bond donors (Lipinski definition) is 1. The zero-order valence-corrected chi connectivity index (χ0v) is 13.6. The van der Waals surface area contributed by atoms with Crippen LogP contribution in [-0.4, -0.2) is 38.8 Å². The minimum absolute atomic E-state index is 0.215. The van der Waals surface area contributed by atoms with Crippen molar-refractivity contribution in [2.45, 2.75) is 24.3 Å². The van der Waals surface area contributed by atoms with Crippen LogP contribution in [0.15, 0.2) is 29.4 Å². The Bertz CT molecular complexity index is 672. The molecule has 0 spiro atoms. The topological polar surface area (TPSA) is 84.9 Å². The van der Waals surface area contributed by atoms with E-state index in [2.05, 4.69) is 15.2 Å². The van der Waals surface area contributed by atoms with E-state index in [-0.39, 0.29) is 12.4 Å². The Hall–Kier alpha value is -1.86. The number of nitrogens with one attached hydrogen (secondary N) is 1. The van der Waals surface area contributed by atoms with E-state index in [1.807, 2.05) is 0 Å². The molecule has 8 heteroatoms. The number of benzene rings is 1. The van der Waals surface area contributed by atoms with Crippen LogP contribution < -0.4 is 0 Å². The molecular weight excluding hydrogens is 326 g/mol. The molecule has 0 unspecified atom stereocenters. The van der Waals surface area contributed by atoms with Crippen LogP contribution in [0.2, 0.25) is 5.02 Å². The molecule has 1 heterocycles. The molecule has 1 aromatic heterocycles. The van der Waals surface area contributed by atoms with Gasteiger partial charge in [0.2, 0.25) is 5.16 Å². The van der Waals surface area contributed by atoms with Crippen LogP contribution >= 0.6 is 23.4 Å². The number of aromatic nitrogens is 3. The monoisotopic (exact) mass is 339 g/mol. The van der Waals surface area contributed by atoms with Gasteiger partial charge in [0, 0.05) is 10.6 Å². The number of esters is 1. The van der Waals surface area contributed by atoms with Gasteiger partial charge in [-0.3, -0.25) is 14.7 Å². The Kier molecular flexibility index (Phi) is 5.57. The Morgan fingerprint density at radius 1 is 1.36 bits per heavy atom. The van der Waals surface area contributed by atoms with Crippen molar-refractivity contribution in [1.29, 1.82) is 0 Å². The Balaban J connectivity index is 2.15. The standard InChI is InChI=1S/C14H14ClN3O3S/c1-3-21-13(20)11(8(2)19)22-14-16-12(17-18-14)9-4-6-10(15)7-5-9/h4-7,11H,3H2,1-2H3,(H,16,17,18)/t11-/m1/s1. The van der Waals surface area contributed by atoms with Gasteiger partial charge in [0.25, 0.3) is 0 Å². The van der Waals surface area contributed by atoms with E-state index in [4.69, 9.17) is 16.3 Å². The highest BCUT2D eigenvalue weighted by molar-refractivity contribution is 8.01. The van der Waals surface area contributed by atoms with Gasteiger partial charge in [-0.2, -0.15) is 0 Å². The molecule has 0 aliphatic heterocycles. The van der Waals surface area contributed by atoms with E-state index in [1.165, 1.54) is 6.92 Å². The number of halogens is 1. The molecule has 2 rings (SSSR count). The normalized spacial score (nSPS) is 12.0. The molecule has 0 bridgehead atoms. The number of carbonyl (C=O) groups is 2. The Labute approximate surface area is 136 Å². The van der Waals surface area contributed by atoms with E-state index in [1.54, 1.807) is 31.2 Å².